The molecule has 18 heavy (non-hydrogen) atoms. The van der Waals surface area contributed by atoms with Crippen molar-refractivity contribution in [3.8, 4) is 0 Å². The summed E-state index contributed by atoms with van der Waals surface area (Å²) in [6, 6.07) is 3.38. The Labute approximate surface area is 112 Å². The summed E-state index contributed by atoms with van der Waals surface area (Å²) >= 11 is 5.77. The molecule has 2 N–H and O–H groups in total. The second kappa shape index (κ2) is 6.16. The highest BCUT2D eigenvalue weighted by molar-refractivity contribution is 6.30. The predicted octanol–water partition coefficient (Wildman–Crippen LogP) is 1.94. The van der Waals surface area contributed by atoms with Gasteiger partial charge in [-0.15, -0.1) is 0 Å². The molecule has 0 spiro atoms. The van der Waals surface area contributed by atoms with Gasteiger partial charge in [-0.05, 0) is 43.9 Å². The zero-order valence-corrected chi connectivity index (χ0v) is 11.1. The summed E-state index contributed by atoms with van der Waals surface area (Å²) in [5, 5.41) is 0.547. The summed E-state index contributed by atoms with van der Waals surface area (Å²) < 4.78 is 0. The number of amides is 1. The minimum absolute atomic E-state index is 0.00612. The molecule has 5 heteroatoms. The van der Waals surface area contributed by atoms with Crippen LogP contribution in [0.1, 0.15) is 29.8 Å². The molecule has 1 aliphatic heterocycles. The van der Waals surface area contributed by atoms with Gasteiger partial charge in [0, 0.05) is 19.3 Å². The van der Waals surface area contributed by atoms with Crippen molar-refractivity contribution >= 4 is 17.5 Å². The molecule has 0 radical (unpaired) electrons. The van der Waals surface area contributed by atoms with Crippen molar-refractivity contribution in [1.82, 2.24) is 9.88 Å². The third-order valence-electron chi connectivity index (χ3n) is 3.33. The van der Waals surface area contributed by atoms with Gasteiger partial charge in [-0.3, -0.25) is 4.79 Å². The van der Waals surface area contributed by atoms with Crippen LogP contribution in [0.2, 0.25) is 5.02 Å². The Hall–Kier alpha value is -1.13. The first-order chi connectivity index (χ1) is 8.70. The Morgan fingerprint density at radius 2 is 2.39 bits per heavy atom. The highest BCUT2D eigenvalue weighted by atomic mass is 35.5. The fourth-order valence-electron chi connectivity index (χ4n) is 2.39. The lowest BCUT2D eigenvalue weighted by atomic mass is 9.94. The molecule has 1 amide bonds. The highest BCUT2D eigenvalue weighted by Gasteiger charge is 2.24. The van der Waals surface area contributed by atoms with Crippen molar-refractivity contribution in [1.29, 1.82) is 0 Å². The van der Waals surface area contributed by atoms with Crippen LogP contribution in [0.15, 0.2) is 18.3 Å². The lowest BCUT2D eigenvalue weighted by Gasteiger charge is -2.32. The smallest absolute Gasteiger partial charge is 0.272 e. The Morgan fingerprint density at radius 1 is 1.56 bits per heavy atom. The number of nitrogens with two attached hydrogens (primary N) is 1. The Bertz CT molecular complexity index is 405. The fraction of sp³-hybridized carbons (Fsp3) is 0.538. The summed E-state index contributed by atoms with van der Waals surface area (Å²) in [5.74, 6) is 0.522. The van der Waals surface area contributed by atoms with Gasteiger partial charge in [0.1, 0.15) is 5.69 Å². The summed E-state index contributed by atoms with van der Waals surface area (Å²) in [4.78, 5) is 18.2. The number of rotatable bonds is 3. The topological polar surface area (TPSA) is 59.2 Å². The van der Waals surface area contributed by atoms with Crippen LogP contribution in [0.3, 0.4) is 0 Å². The summed E-state index contributed by atoms with van der Waals surface area (Å²) in [7, 11) is 0. The van der Waals surface area contributed by atoms with E-state index in [1.165, 1.54) is 6.20 Å². The molecule has 0 aromatic carbocycles. The number of carbonyl (C=O) groups is 1. The van der Waals surface area contributed by atoms with Crippen LogP contribution in [-0.2, 0) is 0 Å². The third-order valence-corrected chi connectivity index (χ3v) is 3.55. The van der Waals surface area contributed by atoms with Crippen LogP contribution in [0.4, 0.5) is 0 Å². The maximum atomic E-state index is 12.2. The summed E-state index contributed by atoms with van der Waals surface area (Å²) in [6.45, 7) is 2.29. The van der Waals surface area contributed by atoms with Gasteiger partial charge in [-0.2, -0.15) is 0 Å². The fourth-order valence-corrected chi connectivity index (χ4v) is 2.50. The second-order valence-electron chi connectivity index (χ2n) is 4.70. The van der Waals surface area contributed by atoms with Crippen LogP contribution < -0.4 is 5.73 Å². The van der Waals surface area contributed by atoms with Crippen molar-refractivity contribution < 1.29 is 4.79 Å². The molecule has 1 aromatic rings. The molecule has 4 nitrogen and oxygen atoms in total. The predicted molar refractivity (Wildman–Crippen MR) is 71.5 cm³/mol. The number of pyridine rings is 1. The first-order valence-electron chi connectivity index (χ1n) is 6.31. The van der Waals surface area contributed by atoms with Gasteiger partial charge in [0.2, 0.25) is 0 Å². The Morgan fingerprint density at radius 3 is 3.06 bits per heavy atom. The van der Waals surface area contributed by atoms with Crippen LogP contribution in [-0.4, -0.2) is 35.4 Å². The maximum absolute atomic E-state index is 12.2. The number of halogens is 1. The van der Waals surface area contributed by atoms with Crippen LogP contribution in [0.25, 0.3) is 0 Å². The molecule has 0 saturated carbocycles. The monoisotopic (exact) mass is 267 g/mol. The standard InChI is InChI=1S/C13H18ClN3O/c14-11-3-4-12(16-8-11)13(18)17-7-1-2-10(9-17)5-6-15/h3-4,8,10H,1-2,5-7,9,15H2. The van der Waals surface area contributed by atoms with E-state index in [2.05, 4.69) is 4.98 Å². The van der Waals surface area contributed by atoms with Crippen molar-refractivity contribution in [3.05, 3.63) is 29.0 Å². The van der Waals surface area contributed by atoms with Crippen LogP contribution in [0.5, 0.6) is 0 Å². The average molecular weight is 268 g/mol. The molecule has 0 aliphatic carbocycles. The number of likely N-dealkylation sites (tertiary alicyclic amines) is 1. The number of aromatic nitrogens is 1. The van der Waals surface area contributed by atoms with Crippen molar-refractivity contribution in [2.24, 2.45) is 11.7 Å². The molecule has 0 bridgehead atoms. The molecular weight excluding hydrogens is 250 g/mol. The molecule has 1 aliphatic rings. The molecule has 1 fully saturated rings. The number of hydrogen-bond acceptors (Lipinski definition) is 3. The van der Waals surface area contributed by atoms with E-state index < -0.39 is 0 Å². The summed E-state index contributed by atoms with van der Waals surface area (Å²) in [6.07, 6.45) is 4.70. The normalized spacial score (nSPS) is 19.9. The van der Waals surface area contributed by atoms with Gasteiger partial charge in [0.25, 0.3) is 5.91 Å². The maximum Gasteiger partial charge on any atom is 0.272 e. The molecule has 1 atom stereocenters. The first kappa shape index (κ1) is 13.3. The van der Waals surface area contributed by atoms with E-state index in [4.69, 9.17) is 17.3 Å². The van der Waals surface area contributed by atoms with Gasteiger partial charge in [0.15, 0.2) is 0 Å². The number of nitrogens with zero attached hydrogens (tertiary/aromatic N) is 2. The first-order valence-corrected chi connectivity index (χ1v) is 6.69. The van der Waals surface area contributed by atoms with Gasteiger partial charge in [-0.25, -0.2) is 4.98 Å². The zero-order valence-electron chi connectivity index (χ0n) is 10.3. The lowest BCUT2D eigenvalue weighted by Crippen LogP contribution is -2.40. The zero-order chi connectivity index (χ0) is 13.0. The summed E-state index contributed by atoms with van der Waals surface area (Å²) in [5.41, 5.74) is 6.04. The van der Waals surface area contributed by atoms with Crippen molar-refractivity contribution in [2.75, 3.05) is 19.6 Å². The van der Waals surface area contributed by atoms with Gasteiger partial charge >= 0.3 is 0 Å². The molecular formula is C13H18ClN3O. The van der Waals surface area contributed by atoms with Gasteiger partial charge in [-0.1, -0.05) is 11.6 Å². The van der Waals surface area contributed by atoms with E-state index in [1.807, 2.05) is 4.90 Å². The number of piperidine rings is 1. The molecule has 1 saturated heterocycles. The molecule has 98 valence electrons. The minimum atomic E-state index is -0.00612. The van der Waals surface area contributed by atoms with E-state index >= 15 is 0 Å². The minimum Gasteiger partial charge on any atom is -0.337 e. The number of carbonyl (C=O) groups excluding carboxylic acids is 1. The average Bonchev–Trinajstić information content (AvgIpc) is 2.39. The van der Waals surface area contributed by atoms with Gasteiger partial charge in [0.05, 0.1) is 5.02 Å². The quantitative estimate of drug-likeness (QED) is 0.910. The van der Waals surface area contributed by atoms with Crippen LogP contribution in [0, 0.1) is 5.92 Å². The van der Waals surface area contributed by atoms with Crippen molar-refractivity contribution in [3.63, 3.8) is 0 Å². The van der Waals surface area contributed by atoms with E-state index in [9.17, 15) is 4.79 Å². The molecule has 1 unspecified atom stereocenters. The molecule has 2 heterocycles. The number of hydrogen-bond donors (Lipinski definition) is 1. The van der Waals surface area contributed by atoms with E-state index in [1.54, 1.807) is 12.1 Å². The SMILES string of the molecule is NCCC1CCCN(C(=O)c2ccc(Cl)cn2)C1. The van der Waals surface area contributed by atoms with E-state index in [-0.39, 0.29) is 5.91 Å². The van der Waals surface area contributed by atoms with Gasteiger partial charge < -0.3 is 10.6 Å². The molecule has 1 aromatic heterocycles. The highest BCUT2D eigenvalue weighted by Crippen LogP contribution is 2.20. The second-order valence-corrected chi connectivity index (χ2v) is 5.13. The Kier molecular flexibility index (Phi) is 4.55. The lowest BCUT2D eigenvalue weighted by molar-refractivity contribution is 0.0663. The third kappa shape index (κ3) is 3.21. The van der Waals surface area contributed by atoms with Crippen LogP contribution >= 0.6 is 11.6 Å². The van der Waals surface area contributed by atoms with E-state index in [0.29, 0.717) is 23.2 Å². The molecule has 2 rings (SSSR count). The largest absolute Gasteiger partial charge is 0.337 e. The van der Waals surface area contributed by atoms with E-state index in [0.717, 1.165) is 32.4 Å². The van der Waals surface area contributed by atoms with Crippen molar-refractivity contribution in [2.45, 2.75) is 19.3 Å². The Balaban J connectivity index is 2.02.